The van der Waals surface area contributed by atoms with Crippen molar-refractivity contribution in [2.45, 2.75) is 26.2 Å². The highest BCUT2D eigenvalue weighted by molar-refractivity contribution is 5.73. The predicted molar refractivity (Wildman–Crippen MR) is 63.6 cm³/mol. The Labute approximate surface area is 97.9 Å². The first kappa shape index (κ1) is 15.2. The number of methoxy groups -OCH3 is 1. The number of rotatable bonds is 10. The molecule has 0 fully saturated rings. The number of ether oxygens (including phenoxy) is 2. The number of hydrogen-bond acceptors (Lipinski definition) is 3. The van der Waals surface area contributed by atoms with Gasteiger partial charge in [0, 0.05) is 26.8 Å². The number of nitrogens with one attached hydrogen (secondary N) is 2. The predicted octanol–water partition coefficient (Wildman–Crippen LogP) is 1.14. The number of hydrogen-bond donors (Lipinski definition) is 2. The molecule has 0 saturated heterocycles. The van der Waals surface area contributed by atoms with Crippen molar-refractivity contribution >= 4 is 6.03 Å². The third-order valence-electron chi connectivity index (χ3n) is 2.00. The summed E-state index contributed by atoms with van der Waals surface area (Å²) >= 11 is 0. The Balaban J connectivity index is 3.09. The van der Waals surface area contributed by atoms with Crippen molar-refractivity contribution in [1.29, 1.82) is 0 Å². The number of amides is 2. The maximum atomic E-state index is 11.2. The van der Waals surface area contributed by atoms with Crippen molar-refractivity contribution in [2.24, 2.45) is 0 Å². The Bertz CT molecular complexity index is 165. The Hall–Kier alpha value is -0.810. The van der Waals surface area contributed by atoms with Crippen LogP contribution < -0.4 is 10.6 Å². The molecule has 0 heterocycles. The first-order valence-corrected chi connectivity index (χ1v) is 5.89. The molecular formula is C11H24N2O3. The van der Waals surface area contributed by atoms with Crippen LogP contribution in [-0.4, -0.2) is 46.1 Å². The molecule has 0 spiro atoms. The van der Waals surface area contributed by atoms with Gasteiger partial charge in [0.1, 0.15) is 0 Å². The van der Waals surface area contributed by atoms with Crippen LogP contribution in [0.2, 0.25) is 0 Å². The molecular weight excluding hydrogens is 208 g/mol. The van der Waals surface area contributed by atoms with Crippen LogP contribution in [0, 0.1) is 0 Å². The van der Waals surface area contributed by atoms with E-state index in [0.717, 1.165) is 25.8 Å². The van der Waals surface area contributed by atoms with Gasteiger partial charge in [-0.1, -0.05) is 13.3 Å². The van der Waals surface area contributed by atoms with Crippen molar-refractivity contribution in [3.63, 3.8) is 0 Å². The van der Waals surface area contributed by atoms with E-state index in [0.29, 0.717) is 26.4 Å². The van der Waals surface area contributed by atoms with Gasteiger partial charge in [-0.25, -0.2) is 4.79 Å². The van der Waals surface area contributed by atoms with E-state index in [1.54, 1.807) is 7.11 Å². The van der Waals surface area contributed by atoms with E-state index in [1.807, 2.05) is 0 Å². The van der Waals surface area contributed by atoms with E-state index in [-0.39, 0.29) is 6.03 Å². The third-order valence-corrected chi connectivity index (χ3v) is 2.00. The van der Waals surface area contributed by atoms with E-state index < -0.39 is 0 Å². The highest BCUT2D eigenvalue weighted by Gasteiger charge is 1.97. The minimum Gasteiger partial charge on any atom is -0.382 e. The molecule has 0 aromatic carbocycles. The fraction of sp³-hybridized carbons (Fsp3) is 0.909. The molecule has 5 nitrogen and oxygen atoms in total. The van der Waals surface area contributed by atoms with Gasteiger partial charge < -0.3 is 20.1 Å². The number of urea groups is 1. The molecule has 2 amide bonds. The van der Waals surface area contributed by atoms with Gasteiger partial charge >= 0.3 is 6.03 Å². The zero-order valence-electron chi connectivity index (χ0n) is 10.4. The zero-order chi connectivity index (χ0) is 12.1. The van der Waals surface area contributed by atoms with Crippen LogP contribution in [0.25, 0.3) is 0 Å². The maximum Gasteiger partial charge on any atom is 0.314 e. The molecule has 96 valence electrons. The highest BCUT2D eigenvalue weighted by Crippen LogP contribution is 1.83. The van der Waals surface area contributed by atoms with E-state index in [9.17, 15) is 4.79 Å². The summed E-state index contributed by atoms with van der Waals surface area (Å²) in [5.41, 5.74) is 0. The SMILES string of the molecule is CCCCNC(=O)NCCCOCCOC. The molecule has 16 heavy (non-hydrogen) atoms. The second kappa shape index (κ2) is 12.3. The lowest BCUT2D eigenvalue weighted by Gasteiger charge is -2.07. The zero-order valence-corrected chi connectivity index (χ0v) is 10.4. The molecule has 0 aromatic rings. The average Bonchev–Trinajstić information content (AvgIpc) is 2.28. The van der Waals surface area contributed by atoms with Gasteiger partial charge in [0.2, 0.25) is 0 Å². The number of unbranched alkanes of at least 4 members (excludes halogenated alkanes) is 1. The molecule has 0 aliphatic heterocycles. The summed E-state index contributed by atoms with van der Waals surface area (Å²) in [6.45, 7) is 5.36. The second-order valence-corrected chi connectivity index (χ2v) is 3.49. The number of carbonyl (C=O) groups is 1. The molecule has 0 aliphatic carbocycles. The van der Waals surface area contributed by atoms with Crippen molar-refractivity contribution < 1.29 is 14.3 Å². The first-order valence-electron chi connectivity index (χ1n) is 5.89. The van der Waals surface area contributed by atoms with Crippen LogP contribution in [0.5, 0.6) is 0 Å². The molecule has 5 heteroatoms. The lowest BCUT2D eigenvalue weighted by molar-refractivity contribution is 0.0697. The standard InChI is InChI=1S/C11H24N2O3/c1-3-4-6-12-11(14)13-7-5-8-16-10-9-15-2/h3-10H2,1-2H3,(H2,12,13,14). The lowest BCUT2D eigenvalue weighted by atomic mass is 10.3. The smallest absolute Gasteiger partial charge is 0.314 e. The normalized spacial score (nSPS) is 10.1. The van der Waals surface area contributed by atoms with Gasteiger partial charge in [0.05, 0.1) is 13.2 Å². The Morgan fingerprint density at radius 1 is 1.06 bits per heavy atom. The van der Waals surface area contributed by atoms with E-state index >= 15 is 0 Å². The molecule has 2 N–H and O–H groups in total. The summed E-state index contributed by atoms with van der Waals surface area (Å²) in [6, 6.07) is -0.0923. The van der Waals surface area contributed by atoms with Gasteiger partial charge in [-0.05, 0) is 12.8 Å². The largest absolute Gasteiger partial charge is 0.382 e. The van der Waals surface area contributed by atoms with Crippen LogP contribution in [0.1, 0.15) is 26.2 Å². The quantitative estimate of drug-likeness (QED) is 0.555. The summed E-state index contributed by atoms with van der Waals surface area (Å²) in [7, 11) is 1.64. The fourth-order valence-corrected chi connectivity index (χ4v) is 1.06. The van der Waals surface area contributed by atoms with Crippen molar-refractivity contribution in [3.05, 3.63) is 0 Å². The average molecular weight is 232 g/mol. The molecule has 0 radical (unpaired) electrons. The lowest BCUT2D eigenvalue weighted by Crippen LogP contribution is -2.36. The molecule has 0 unspecified atom stereocenters. The summed E-state index contributed by atoms with van der Waals surface area (Å²) in [5, 5.41) is 5.56. The minimum atomic E-state index is -0.0923. The topological polar surface area (TPSA) is 59.6 Å². The molecule has 0 aliphatic rings. The van der Waals surface area contributed by atoms with Crippen molar-refractivity contribution in [3.8, 4) is 0 Å². The van der Waals surface area contributed by atoms with Gasteiger partial charge in [-0.15, -0.1) is 0 Å². The van der Waals surface area contributed by atoms with Gasteiger partial charge in [-0.2, -0.15) is 0 Å². The second-order valence-electron chi connectivity index (χ2n) is 3.49. The third kappa shape index (κ3) is 11.3. The van der Waals surface area contributed by atoms with Crippen LogP contribution in [0.15, 0.2) is 0 Å². The van der Waals surface area contributed by atoms with Crippen molar-refractivity contribution in [2.75, 3.05) is 40.0 Å². The maximum absolute atomic E-state index is 11.2. The van der Waals surface area contributed by atoms with E-state index in [1.165, 1.54) is 0 Å². The van der Waals surface area contributed by atoms with Gasteiger partial charge in [-0.3, -0.25) is 0 Å². The molecule has 0 rings (SSSR count). The highest BCUT2D eigenvalue weighted by atomic mass is 16.5. The van der Waals surface area contributed by atoms with Crippen LogP contribution in [0.3, 0.4) is 0 Å². The Kier molecular flexibility index (Phi) is 11.6. The van der Waals surface area contributed by atoms with E-state index in [4.69, 9.17) is 9.47 Å². The summed E-state index contributed by atoms with van der Waals surface area (Å²) in [5.74, 6) is 0. The molecule has 0 atom stereocenters. The van der Waals surface area contributed by atoms with E-state index in [2.05, 4.69) is 17.6 Å². The Morgan fingerprint density at radius 2 is 1.75 bits per heavy atom. The molecule has 0 saturated carbocycles. The summed E-state index contributed by atoms with van der Waals surface area (Å²) in [6.07, 6.45) is 2.94. The summed E-state index contributed by atoms with van der Waals surface area (Å²) < 4.78 is 10.1. The first-order chi connectivity index (χ1) is 7.81. The monoisotopic (exact) mass is 232 g/mol. The molecule has 0 aromatic heterocycles. The summed E-state index contributed by atoms with van der Waals surface area (Å²) in [4.78, 5) is 11.2. The van der Waals surface area contributed by atoms with Gasteiger partial charge in [0.25, 0.3) is 0 Å². The minimum absolute atomic E-state index is 0.0923. The van der Waals surface area contributed by atoms with Crippen molar-refractivity contribution in [1.82, 2.24) is 10.6 Å². The molecule has 0 bridgehead atoms. The van der Waals surface area contributed by atoms with Crippen LogP contribution >= 0.6 is 0 Å². The van der Waals surface area contributed by atoms with Crippen LogP contribution in [-0.2, 0) is 9.47 Å². The number of carbonyl (C=O) groups excluding carboxylic acids is 1. The Morgan fingerprint density at radius 3 is 2.38 bits per heavy atom. The van der Waals surface area contributed by atoms with Gasteiger partial charge in [0.15, 0.2) is 0 Å². The fourth-order valence-electron chi connectivity index (χ4n) is 1.06. The van der Waals surface area contributed by atoms with Crippen LogP contribution in [0.4, 0.5) is 4.79 Å².